The molecule has 146 valence electrons. The smallest absolute Gasteiger partial charge is 0.434 e. The molecule has 0 amide bonds. The van der Waals surface area contributed by atoms with Gasteiger partial charge in [-0.2, -0.15) is 4.91 Å². The quantitative estimate of drug-likeness (QED) is 0.241. The second-order valence-electron chi connectivity index (χ2n) is 7.91. The lowest BCUT2D eigenvalue weighted by Crippen LogP contribution is -2.36. The monoisotopic (exact) mass is 355 g/mol. The second kappa shape index (κ2) is 13.1. The number of rotatable bonds is 12. The summed E-state index contributed by atoms with van der Waals surface area (Å²) in [7, 11) is 0. The first-order valence-electron chi connectivity index (χ1n) is 10.2. The van der Waals surface area contributed by atoms with E-state index in [1.165, 1.54) is 12.8 Å². The molecule has 0 radical (unpaired) electrons. The van der Waals surface area contributed by atoms with Crippen LogP contribution in [0.3, 0.4) is 0 Å². The van der Waals surface area contributed by atoms with E-state index < -0.39 is 6.16 Å². The summed E-state index contributed by atoms with van der Waals surface area (Å²) in [5.74, 6) is 1.61. The fourth-order valence-corrected chi connectivity index (χ4v) is 3.73. The molecule has 1 saturated carbocycles. The highest BCUT2D eigenvalue weighted by molar-refractivity contribution is 5.60. The molecule has 0 bridgehead atoms. The van der Waals surface area contributed by atoms with E-state index in [4.69, 9.17) is 9.47 Å². The standard InChI is InChI=1S/C20H37NO4/c1-16(2)18-12-11-17(3)15-19(18)25-20(22)24-14-10-8-6-4-5-7-9-13-21-23/h16-19H,4-15H2,1-3H3. The van der Waals surface area contributed by atoms with Crippen molar-refractivity contribution in [3.05, 3.63) is 4.91 Å². The van der Waals surface area contributed by atoms with Gasteiger partial charge >= 0.3 is 6.16 Å². The summed E-state index contributed by atoms with van der Waals surface area (Å²) in [4.78, 5) is 21.9. The summed E-state index contributed by atoms with van der Waals surface area (Å²) >= 11 is 0. The van der Waals surface area contributed by atoms with Gasteiger partial charge in [0.1, 0.15) is 6.10 Å². The van der Waals surface area contributed by atoms with Crippen molar-refractivity contribution in [1.82, 2.24) is 0 Å². The van der Waals surface area contributed by atoms with Crippen LogP contribution in [0.4, 0.5) is 4.79 Å². The minimum Gasteiger partial charge on any atom is -0.434 e. The number of hydrogen-bond acceptors (Lipinski definition) is 5. The molecule has 1 aliphatic carbocycles. The van der Waals surface area contributed by atoms with Crippen LogP contribution in [0.5, 0.6) is 0 Å². The Bertz CT molecular complexity index is 373. The first kappa shape index (κ1) is 21.9. The van der Waals surface area contributed by atoms with Gasteiger partial charge < -0.3 is 9.47 Å². The Balaban J connectivity index is 2.07. The van der Waals surface area contributed by atoms with Crippen LogP contribution >= 0.6 is 0 Å². The highest BCUT2D eigenvalue weighted by Gasteiger charge is 2.33. The summed E-state index contributed by atoms with van der Waals surface area (Å²) in [6, 6.07) is 0. The average Bonchev–Trinajstić information content (AvgIpc) is 2.56. The number of carbonyl (C=O) groups is 1. The van der Waals surface area contributed by atoms with Gasteiger partial charge in [0.25, 0.3) is 0 Å². The molecule has 1 fully saturated rings. The van der Waals surface area contributed by atoms with Gasteiger partial charge in [-0.25, -0.2) is 4.79 Å². The Labute approximate surface area is 153 Å². The maximum atomic E-state index is 11.9. The molecule has 0 N–H and O–H groups in total. The third-order valence-corrected chi connectivity index (χ3v) is 5.32. The minimum absolute atomic E-state index is 0.0112. The largest absolute Gasteiger partial charge is 0.508 e. The van der Waals surface area contributed by atoms with Crippen molar-refractivity contribution in [2.75, 3.05) is 13.2 Å². The Morgan fingerprint density at radius 3 is 2.32 bits per heavy atom. The van der Waals surface area contributed by atoms with Crippen molar-refractivity contribution >= 4 is 6.16 Å². The van der Waals surface area contributed by atoms with Gasteiger partial charge in [-0.1, -0.05) is 64.5 Å². The van der Waals surface area contributed by atoms with Crippen molar-refractivity contribution in [2.45, 2.75) is 91.1 Å². The van der Waals surface area contributed by atoms with Gasteiger partial charge in [-0.3, -0.25) is 0 Å². The highest BCUT2D eigenvalue weighted by atomic mass is 16.7. The molecule has 5 nitrogen and oxygen atoms in total. The lowest BCUT2D eigenvalue weighted by Gasteiger charge is -2.36. The van der Waals surface area contributed by atoms with Gasteiger partial charge in [0.2, 0.25) is 0 Å². The Hall–Kier alpha value is -1.13. The Morgan fingerprint density at radius 1 is 1.04 bits per heavy atom. The predicted molar refractivity (Wildman–Crippen MR) is 101 cm³/mol. The predicted octanol–water partition coefficient (Wildman–Crippen LogP) is 6.10. The summed E-state index contributed by atoms with van der Waals surface area (Å²) < 4.78 is 10.9. The van der Waals surface area contributed by atoms with Crippen molar-refractivity contribution in [3.8, 4) is 0 Å². The minimum atomic E-state index is -0.494. The molecule has 0 aromatic carbocycles. The third-order valence-electron chi connectivity index (χ3n) is 5.32. The van der Waals surface area contributed by atoms with Crippen LogP contribution in [0.15, 0.2) is 5.18 Å². The average molecular weight is 356 g/mol. The molecular weight excluding hydrogens is 318 g/mol. The van der Waals surface area contributed by atoms with Crippen molar-refractivity contribution < 1.29 is 14.3 Å². The number of carbonyl (C=O) groups excluding carboxylic acids is 1. The topological polar surface area (TPSA) is 65.0 Å². The molecule has 3 atom stereocenters. The molecule has 5 heteroatoms. The van der Waals surface area contributed by atoms with E-state index in [0.717, 1.165) is 51.4 Å². The first-order chi connectivity index (χ1) is 12.0. The van der Waals surface area contributed by atoms with Crippen LogP contribution < -0.4 is 0 Å². The molecule has 0 spiro atoms. The van der Waals surface area contributed by atoms with E-state index in [0.29, 0.717) is 30.9 Å². The van der Waals surface area contributed by atoms with Gasteiger partial charge in [0.05, 0.1) is 13.2 Å². The molecule has 1 aliphatic rings. The maximum Gasteiger partial charge on any atom is 0.508 e. The van der Waals surface area contributed by atoms with E-state index >= 15 is 0 Å². The highest BCUT2D eigenvalue weighted by Crippen LogP contribution is 2.35. The molecule has 0 aliphatic heterocycles. The number of unbranched alkanes of at least 4 members (excludes halogenated alkanes) is 6. The maximum absolute atomic E-state index is 11.9. The van der Waals surface area contributed by atoms with E-state index in [-0.39, 0.29) is 6.10 Å². The van der Waals surface area contributed by atoms with Crippen LogP contribution in [-0.4, -0.2) is 25.4 Å². The summed E-state index contributed by atoms with van der Waals surface area (Å²) in [6.07, 6.45) is 10.2. The van der Waals surface area contributed by atoms with Crippen LogP contribution in [0.25, 0.3) is 0 Å². The van der Waals surface area contributed by atoms with Crippen molar-refractivity contribution in [3.63, 3.8) is 0 Å². The lowest BCUT2D eigenvalue weighted by molar-refractivity contribution is -0.0321. The van der Waals surface area contributed by atoms with Gasteiger partial charge in [-0.15, -0.1) is 0 Å². The number of nitrogens with zero attached hydrogens (tertiary/aromatic N) is 1. The number of ether oxygens (including phenoxy) is 2. The van der Waals surface area contributed by atoms with Crippen LogP contribution in [0.2, 0.25) is 0 Å². The van der Waals surface area contributed by atoms with Gasteiger partial charge in [0, 0.05) is 0 Å². The summed E-state index contributed by atoms with van der Waals surface area (Å²) in [5, 5.41) is 2.86. The SMILES string of the molecule is CC1CCC(C(C)C)C(OC(=O)OCCCCCCCCCN=O)C1. The molecular formula is C20H37NO4. The zero-order chi connectivity index (χ0) is 18.5. The first-order valence-corrected chi connectivity index (χ1v) is 10.2. The zero-order valence-electron chi connectivity index (χ0n) is 16.4. The van der Waals surface area contributed by atoms with E-state index in [1.54, 1.807) is 0 Å². The van der Waals surface area contributed by atoms with E-state index in [2.05, 4.69) is 25.9 Å². The summed E-state index contributed by atoms with van der Waals surface area (Å²) in [6.45, 7) is 7.53. The number of nitroso groups, excluding NO2 is 1. The molecule has 0 aromatic rings. The number of hydrogen-bond donors (Lipinski definition) is 0. The van der Waals surface area contributed by atoms with Crippen molar-refractivity contribution in [2.24, 2.45) is 22.9 Å². The molecule has 0 heterocycles. The van der Waals surface area contributed by atoms with Crippen molar-refractivity contribution in [1.29, 1.82) is 0 Å². The molecule has 25 heavy (non-hydrogen) atoms. The fourth-order valence-electron chi connectivity index (χ4n) is 3.73. The molecule has 3 unspecified atom stereocenters. The van der Waals surface area contributed by atoms with E-state index in [9.17, 15) is 9.70 Å². The van der Waals surface area contributed by atoms with Gasteiger partial charge in [-0.05, 0) is 43.4 Å². The van der Waals surface area contributed by atoms with Crippen LogP contribution in [0, 0.1) is 22.7 Å². The van der Waals surface area contributed by atoms with Crippen LogP contribution in [0.1, 0.15) is 85.0 Å². The second-order valence-corrected chi connectivity index (χ2v) is 7.91. The zero-order valence-corrected chi connectivity index (χ0v) is 16.4. The lowest BCUT2D eigenvalue weighted by atomic mass is 9.75. The third kappa shape index (κ3) is 9.81. The molecule has 0 saturated heterocycles. The molecule has 0 aromatic heterocycles. The van der Waals surface area contributed by atoms with E-state index in [1.807, 2.05) is 0 Å². The van der Waals surface area contributed by atoms with Gasteiger partial charge in [0.15, 0.2) is 0 Å². The fraction of sp³-hybridized carbons (Fsp3) is 0.950. The molecule has 1 rings (SSSR count). The Kier molecular flexibility index (Phi) is 11.5. The normalized spacial score (nSPS) is 23.4. The van der Waals surface area contributed by atoms with Crippen LogP contribution in [-0.2, 0) is 9.47 Å². The Morgan fingerprint density at radius 2 is 1.68 bits per heavy atom. The summed E-state index contributed by atoms with van der Waals surface area (Å²) in [5.41, 5.74) is 0.